The number of amides is 2. The van der Waals surface area contributed by atoms with Gasteiger partial charge in [0.15, 0.2) is 0 Å². The largest absolute Gasteiger partial charge is 0.350 e. The Morgan fingerprint density at radius 1 is 1.24 bits per heavy atom. The van der Waals surface area contributed by atoms with E-state index in [2.05, 4.69) is 31.4 Å². The van der Waals surface area contributed by atoms with E-state index >= 15 is 0 Å². The summed E-state index contributed by atoms with van der Waals surface area (Å²) >= 11 is 0. The van der Waals surface area contributed by atoms with Crippen LogP contribution in [-0.2, 0) is 9.59 Å². The Bertz CT molecular complexity index is 231. The van der Waals surface area contributed by atoms with E-state index in [1.54, 1.807) is 0 Å². The highest BCUT2D eigenvalue weighted by Gasteiger charge is 2.23. The molecular weight excluding hydrogens is 216 g/mol. The molecule has 0 aromatic heterocycles. The van der Waals surface area contributed by atoms with Gasteiger partial charge in [-0.2, -0.15) is 0 Å². The Labute approximate surface area is 105 Å². The Balaban J connectivity index is 3.98. The molecule has 0 radical (unpaired) electrons. The molecule has 4 heteroatoms. The van der Waals surface area contributed by atoms with Crippen LogP contribution >= 0.6 is 0 Å². The number of hydrogen-bond acceptors (Lipinski definition) is 2. The van der Waals surface area contributed by atoms with Crippen LogP contribution in [0.15, 0.2) is 0 Å². The zero-order valence-corrected chi connectivity index (χ0v) is 11.3. The van der Waals surface area contributed by atoms with Gasteiger partial charge in [0.25, 0.3) is 0 Å². The van der Waals surface area contributed by atoms with Gasteiger partial charge in [-0.25, -0.2) is 0 Å². The quantitative estimate of drug-likeness (QED) is 0.454. The number of rotatable bonds is 10. The minimum Gasteiger partial charge on any atom is -0.350 e. The van der Waals surface area contributed by atoms with E-state index in [0.717, 1.165) is 19.3 Å². The Kier molecular flexibility index (Phi) is 8.46. The van der Waals surface area contributed by atoms with Gasteiger partial charge in [-0.3, -0.25) is 9.59 Å². The molecule has 0 aromatic rings. The highest BCUT2D eigenvalue weighted by atomic mass is 16.2. The van der Waals surface area contributed by atoms with Crippen molar-refractivity contribution < 1.29 is 9.59 Å². The van der Waals surface area contributed by atoms with Crippen molar-refractivity contribution in [3.63, 3.8) is 0 Å². The van der Waals surface area contributed by atoms with Crippen LogP contribution in [0, 0.1) is 0 Å². The molecule has 0 bridgehead atoms. The number of carbonyl (C=O) groups is 2. The fourth-order valence-electron chi connectivity index (χ4n) is 1.78. The van der Waals surface area contributed by atoms with Crippen LogP contribution in [0.25, 0.3) is 0 Å². The van der Waals surface area contributed by atoms with Gasteiger partial charge in [-0.05, 0) is 19.8 Å². The molecule has 0 aliphatic carbocycles. The highest BCUT2D eigenvalue weighted by Crippen LogP contribution is 2.18. The summed E-state index contributed by atoms with van der Waals surface area (Å²) in [6.07, 6.45) is 7.28. The minimum absolute atomic E-state index is 0.0635. The van der Waals surface area contributed by atoms with Gasteiger partial charge >= 0.3 is 0 Å². The van der Waals surface area contributed by atoms with Gasteiger partial charge < -0.3 is 10.6 Å². The van der Waals surface area contributed by atoms with Crippen molar-refractivity contribution in [2.24, 2.45) is 0 Å². The number of unbranched alkanes of at least 4 members (excludes halogenated alkanes) is 3. The van der Waals surface area contributed by atoms with Crippen LogP contribution in [0.5, 0.6) is 0 Å². The van der Waals surface area contributed by atoms with E-state index in [1.807, 2.05) is 0 Å². The lowest BCUT2D eigenvalue weighted by atomic mass is 9.91. The molecule has 0 aliphatic rings. The molecule has 2 N–H and O–H groups in total. The molecule has 1 unspecified atom stereocenters. The van der Waals surface area contributed by atoms with E-state index in [4.69, 9.17) is 0 Å². The number of carbonyl (C=O) groups excluding carboxylic acids is 2. The lowest BCUT2D eigenvalue weighted by Gasteiger charge is -2.29. The van der Waals surface area contributed by atoms with Crippen LogP contribution in [0.3, 0.4) is 0 Å². The molecule has 4 nitrogen and oxygen atoms in total. The lowest BCUT2D eigenvalue weighted by Crippen LogP contribution is -2.48. The predicted molar refractivity (Wildman–Crippen MR) is 69.7 cm³/mol. The fourth-order valence-corrected chi connectivity index (χ4v) is 1.78. The van der Waals surface area contributed by atoms with Crippen LogP contribution in [-0.4, -0.2) is 24.4 Å². The first kappa shape index (κ1) is 15.9. The summed E-state index contributed by atoms with van der Waals surface area (Å²) in [5.41, 5.74) is -0.143. The maximum absolute atomic E-state index is 11.5. The third kappa shape index (κ3) is 7.77. The van der Waals surface area contributed by atoms with Crippen LogP contribution in [0.2, 0.25) is 0 Å². The molecule has 0 rings (SSSR count). The molecule has 0 aliphatic heterocycles. The standard InChI is InChI=1S/C13H26N2O2/c1-4-6-7-8-9-13(3,5-2)15-12(17)10-14-11-16/h11H,4-10H2,1-3H3,(H,14,16)(H,15,17). The first-order chi connectivity index (χ1) is 8.08. The zero-order valence-electron chi connectivity index (χ0n) is 11.3. The number of nitrogens with one attached hydrogen (secondary N) is 2. The van der Waals surface area contributed by atoms with Gasteiger partial charge in [0.2, 0.25) is 12.3 Å². The summed E-state index contributed by atoms with van der Waals surface area (Å²) in [6, 6.07) is 0. The average Bonchev–Trinajstić information content (AvgIpc) is 2.32. The summed E-state index contributed by atoms with van der Waals surface area (Å²) in [6.45, 7) is 6.39. The van der Waals surface area contributed by atoms with Crippen molar-refractivity contribution in [1.82, 2.24) is 10.6 Å². The molecule has 100 valence electrons. The van der Waals surface area contributed by atoms with Gasteiger partial charge in [0.1, 0.15) is 0 Å². The van der Waals surface area contributed by atoms with Crippen molar-refractivity contribution in [2.45, 2.75) is 64.8 Å². The molecule has 0 spiro atoms. The molecule has 1 atom stereocenters. The second-order valence-electron chi connectivity index (χ2n) is 4.77. The first-order valence-electron chi connectivity index (χ1n) is 6.56. The molecule has 0 aromatic carbocycles. The monoisotopic (exact) mass is 242 g/mol. The third-order valence-corrected chi connectivity index (χ3v) is 3.15. The van der Waals surface area contributed by atoms with Crippen LogP contribution in [0.4, 0.5) is 0 Å². The smallest absolute Gasteiger partial charge is 0.239 e. The molecule has 0 heterocycles. The average molecular weight is 242 g/mol. The normalized spacial score (nSPS) is 13.8. The first-order valence-corrected chi connectivity index (χ1v) is 6.56. The van der Waals surface area contributed by atoms with E-state index in [0.29, 0.717) is 6.41 Å². The Morgan fingerprint density at radius 2 is 1.94 bits per heavy atom. The van der Waals surface area contributed by atoms with Gasteiger partial charge in [0.05, 0.1) is 6.54 Å². The van der Waals surface area contributed by atoms with Gasteiger partial charge in [-0.15, -0.1) is 0 Å². The van der Waals surface area contributed by atoms with Gasteiger partial charge in [0, 0.05) is 5.54 Å². The maximum Gasteiger partial charge on any atom is 0.239 e. The highest BCUT2D eigenvalue weighted by molar-refractivity contribution is 5.80. The topological polar surface area (TPSA) is 58.2 Å². The van der Waals surface area contributed by atoms with Crippen molar-refractivity contribution in [3.8, 4) is 0 Å². The maximum atomic E-state index is 11.5. The minimum atomic E-state index is -0.143. The van der Waals surface area contributed by atoms with Crippen molar-refractivity contribution >= 4 is 12.3 Å². The fraction of sp³-hybridized carbons (Fsp3) is 0.846. The molecule has 0 fully saturated rings. The zero-order chi connectivity index (χ0) is 13.1. The Hall–Kier alpha value is -1.06. The van der Waals surface area contributed by atoms with E-state index in [-0.39, 0.29) is 18.0 Å². The van der Waals surface area contributed by atoms with Crippen LogP contribution < -0.4 is 10.6 Å². The second-order valence-corrected chi connectivity index (χ2v) is 4.77. The molecular formula is C13H26N2O2. The summed E-state index contributed by atoms with van der Waals surface area (Å²) in [5, 5.41) is 5.37. The van der Waals surface area contributed by atoms with Crippen molar-refractivity contribution in [1.29, 1.82) is 0 Å². The van der Waals surface area contributed by atoms with E-state index in [1.165, 1.54) is 19.3 Å². The van der Waals surface area contributed by atoms with Crippen LogP contribution in [0.1, 0.15) is 59.3 Å². The Morgan fingerprint density at radius 3 is 2.47 bits per heavy atom. The lowest BCUT2D eigenvalue weighted by molar-refractivity contribution is -0.123. The SMILES string of the molecule is CCCCCCC(C)(CC)NC(=O)CNC=O. The summed E-state index contributed by atoms with van der Waals surface area (Å²) in [5.74, 6) is -0.114. The van der Waals surface area contributed by atoms with Crippen molar-refractivity contribution in [3.05, 3.63) is 0 Å². The molecule has 17 heavy (non-hydrogen) atoms. The van der Waals surface area contributed by atoms with Crippen molar-refractivity contribution in [2.75, 3.05) is 6.54 Å². The number of hydrogen-bond donors (Lipinski definition) is 2. The molecule has 2 amide bonds. The van der Waals surface area contributed by atoms with E-state index in [9.17, 15) is 9.59 Å². The van der Waals surface area contributed by atoms with Gasteiger partial charge in [-0.1, -0.05) is 39.5 Å². The predicted octanol–water partition coefficient (Wildman–Crippen LogP) is 1.99. The van der Waals surface area contributed by atoms with E-state index < -0.39 is 0 Å². The summed E-state index contributed by atoms with van der Waals surface area (Å²) in [4.78, 5) is 21.6. The second kappa shape index (κ2) is 9.02. The molecule has 0 saturated heterocycles. The third-order valence-electron chi connectivity index (χ3n) is 3.15. The summed E-state index contributed by atoms with van der Waals surface area (Å²) in [7, 11) is 0. The summed E-state index contributed by atoms with van der Waals surface area (Å²) < 4.78 is 0. The molecule has 0 saturated carbocycles.